The van der Waals surface area contributed by atoms with E-state index in [1.807, 2.05) is 12.1 Å². The first-order valence-electron chi connectivity index (χ1n) is 9.06. The highest BCUT2D eigenvalue weighted by molar-refractivity contribution is 6.36. The molecule has 0 aliphatic rings. The SMILES string of the molecule is CCNC(=O)c1ccc(-c2nc(Cc3ccc4[nH]ncc4c3Cl)n(C)n2)c(F)c1. The molecular weight excluding hydrogens is 395 g/mol. The van der Waals surface area contributed by atoms with Gasteiger partial charge in [-0.15, -0.1) is 0 Å². The number of carbonyl (C=O) groups is 1. The van der Waals surface area contributed by atoms with Crippen molar-refractivity contribution in [2.45, 2.75) is 13.3 Å². The summed E-state index contributed by atoms with van der Waals surface area (Å²) in [5.74, 6) is 0.0144. The Bertz CT molecular complexity index is 1220. The van der Waals surface area contributed by atoms with E-state index < -0.39 is 5.82 Å². The van der Waals surface area contributed by atoms with E-state index in [0.29, 0.717) is 23.8 Å². The lowest BCUT2D eigenvalue weighted by Gasteiger charge is -2.04. The molecular formula is C20H18ClFN6O. The highest BCUT2D eigenvalue weighted by Crippen LogP contribution is 2.28. The Kier molecular flexibility index (Phi) is 5.02. The Morgan fingerprint density at radius 3 is 2.90 bits per heavy atom. The number of aromatic amines is 1. The second-order valence-electron chi connectivity index (χ2n) is 6.58. The summed E-state index contributed by atoms with van der Waals surface area (Å²) in [6.07, 6.45) is 2.11. The van der Waals surface area contributed by atoms with E-state index in [-0.39, 0.29) is 22.9 Å². The molecule has 2 heterocycles. The van der Waals surface area contributed by atoms with Crippen LogP contribution in [-0.2, 0) is 13.5 Å². The molecule has 9 heteroatoms. The molecule has 0 aliphatic carbocycles. The summed E-state index contributed by atoms with van der Waals surface area (Å²) >= 11 is 6.49. The van der Waals surface area contributed by atoms with Crippen LogP contribution < -0.4 is 5.32 Å². The zero-order chi connectivity index (χ0) is 20.5. The molecule has 7 nitrogen and oxygen atoms in total. The van der Waals surface area contributed by atoms with Crippen molar-refractivity contribution in [3.63, 3.8) is 0 Å². The van der Waals surface area contributed by atoms with Gasteiger partial charge in [-0.3, -0.25) is 14.6 Å². The molecule has 0 saturated carbocycles. The average molecular weight is 413 g/mol. The molecule has 0 aliphatic heterocycles. The molecule has 0 saturated heterocycles. The standard InChI is InChI=1S/C20H18ClFN6O/c1-3-23-20(29)12-4-6-13(15(22)8-12)19-25-17(28(2)27-19)9-11-5-7-16-14(18(11)21)10-24-26-16/h4-8,10H,3,9H2,1-2H3,(H,23,29)(H,24,26). The van der Waals surface area contributed by atoms with Gasteiger partial charge in [0.1, 0.15) is 11.6 Å². The number of nitrogens with zero attached hydrogens (tertiary/aromatic N) is 4. The summed E-state index contributed by atoms with van der Waals surface area (Å²) < 4.78 is 16.2. The summed E-state index contributed by atoms with van der Waals surface area (Å²) in [5, 5.41) is 15.3. The molecule has 4 rings (SSSR count). The fourth-order valence-electron chi connectivity index (χ4n) is 3.12. The number of fused-ring (bicyclic) bond motifs is 1. The number of H-pyrrole nitrogens is 1. The van der Waals surface area contributed by atoms with Gasteiger partial charge in [-0.05, 0) is 36.8 Å². The lowest BCUT2D eigenvalue weighted by atomic mass is 10.1. The molecule has 2 aromatic carbocycles. The Labute approximate surface area is 170 Å². The van der Waals surface area contributed by atoms with Gasteiger partial charge in [0, 0.05) is 31.0 Å². The van der Waals surface area contributed by atoms with Crippen molar-refractivity contribution in [3.05, 3.63) is 64.3 Å². The van der Waals surface area contributed by atoms with Gasteiger partial charge in [0.2, 0.25) is 0 Å². The van der Waals surface area contributed by atoms with Crippen LogP contribution in [0.25, 0.3) is 22.3 Å². The molecule has 148 valence electrons. The van der Waals surface area contributed by atoms with E-state index >= 15 is 0 Å². The fourth-order valence-corrected chi connectivity index (χ4v) is 3.40. The van der Waals surface area contributed by atoms with Gasteiger partial charge in [-0.2, -0.15) is 10.2 Å². The quantitative estimate of drug-likeness (QED) is 0.525. The maximum atomic E-state index is 14.6. The Hall–Kier alpha value is -3.26. The summed E-state index contributed by atoms with van der Waals surface area (Å²) in [5.41, 5.74) is 2.21. The van der Waals surface area contributed by atoms with E-state index in [1.54, 1.807) is 30.9 Å². The number of carbonyl (C=O) groups excluding carboxylic acids is 1. The van der Waals surface area contributed by atoms with Crippen LogP contribution in [0, 0.1) is 5.82 Å². The van der Waals surface area contributed by atoms with Gasteiger partial charge in [-0.1, -0.05) is 17.7 Å². The number of aryl methyl sites for hydroxylation is 1. The van der Waals surface area contributed by atoms with E-state index in [9.17, 15) is 9.18 Å². The number of hydrogen-bond donors (Lipinski definition) is 2. The summed E-state index contributed by atoms with van der Waals surface area (Å²) in [6, 6.07) is 8.08. The normalized spacial score (nSPS) is 11.2. The van der Waals surface area contributed by atoms with Crippen LogP contribution in [-0.4, -0.2) is 37.4 Å². The van der Waals surface area contributed by atoms with Crippen LogP contribution in [0.4, 0.5) is 4.39 Å². The zero-order valence-electron chi connectivity index (χ0n) is 15.8. The zero-order valence-corrected chi connectivity index (χ0v) is 16.6. The van der Waals surface area contributed by atoms with Crippen molar-refractivity contribution in [1.29, 1.82) is 0 Å². The average Bonchev–Trinajstić information content (AvgIpc) is 3.31. The minimum absolute atomic E-state index is 0.233. The molecule has 1 amide bonds. The Morgan fingerprint density at radius 2 is 2.14 bits per heavy atom. The van der Waals surface area contributed by atoms with Gasteiger partial charge in [0.15, 0.2) is 5.82 Å². The molecule has 4 aromatic rings. The third-order valence-corrected chi connectivity index (χ3v) is 5.10. The molecule has 0 spiro atoms. The number of aromatic nitrogens is 5. The fraction of sp³-hybridized carbons (Fsp3) is 0.200. The van der Waals surface area contributed by atoms with Gasteiger partial charge in [0.25, 0.3) is 5.91 Å². The van der Waals surface area contributed by atoms with Crippen molar-refractivity contribution in [3.8, 4) is 11.4 Å². The van der Waals surface area contributed by atoms with E-state index in [1.165, 1.54) is 12.1 Å². The first-order chi connectivity index (χ1) is 14.0. The monoisotopic (exact) mass is 412 g/mol. The van der Waals surface area contributed by atoms with Crippen molar-refractivity contribution in [2.75, 3.05) is 6.54 Å². The van der Waals surface area contributed by atoms with Crippen LogP contribution in [0.3, 0.4) is 0 Å². The second-order valence-corrected chi connectivity index (χ2v) is 6.95. The highest BCUT2D eigenvalue weighted by Gasteiger charge is 2.17. The van der Waals surface area contributed by atoms with Crippen LogP contribution in [0.15, 0.2) is 36.5 Å². The van der Waals surface area contributed by atoms with Crippen LogP contribution >= 0.6 is 11.6 Å². The number of halogens is 2. The van der Waals surface area contributed by atoms with Crippen LogP contribution in [0.2, 0.25) is 5.02 Å². The summed E-state index contributed by atoms with van der Waals surface area (Å²) in [6.45, 7) is 2.28. The van der Waals surface area contributed by atoms with Gasteiger partial charge < -0.3 is 5.32 Å². The number of benzene rings is 2. The predicted molar refractivity (Wildman–Crippen MR) is 108 cm³/mol. The maximum absolute atomic E-state index is 14.6. The minimum Gasteiger partial charge on any atom is -0.352 e. The highest BCUT2D eigenvalue weighted by atomic mass is 35.5. The Balaban J connectivity index is 1.64. The van der Waals surface area contributed by atoms with Gasteiger partial charge in [0.05, 0.1) is 22.3 Å². The minimum atomic E-state index is -0.552. The second kappa shape index (κ2) is 7.63. The third kappa shape index (κ3) is 3.58. The lowest BCUT2D eigenvalue weighted by Crippen LogP contribution is -2.22. The van der Waals surface area contributed by atoms with E-state index in [0.717, 1.165) is 16.5 Å². The molecule has 0 atom stereocenters. The van der Waals surface area contributed by atoms with E-state index in [4.69, 9.17) is 11.6 Å². The van der Waals surface area contributed by atoms with Crippen molar-refractivity contribution in [2.24, 2.45) is 7.05 Å². The smallest absolute Gasteiger partial charge is 0.251 e. The molecule has 2 aromatic heterocycles. The van der Waals surface area contributed by atoms with Gasteiger partial charge in [-0.25, -0.2) is 9.37 Å². The first-order valence-corrected chi connectivity index (χ1v) is 9.44. The number of amides is 1. The van der Waals surface area contributed by atoms with Crippen LogP contribution in [0.1, 0.15) is 28.7 Å². The molecule has 0 radical (unpaired) electrons. The van der Waals surface area contributed by atoms with Crippen LogP contribution in [0.5, 0.6) is 0 Å². The Morgan fingerprint density at radius 1 is 1.31 bits per heavy atom. The van der Waals surface area contributed by atoms with Crippen molar-refractivity contribution >= 4 is 28.4 Å². The summed E-state index contributed by atoms with van der Waals surface area (Å²) in [7, 11) is 1.75. The number of rotatable bonds is 5. The molecule has 29 heavy (non-hydrogen) atoms. The van der Waals surface area contributed by atoms with Crippen molar-refractivity contribution < 1.29 is 9.18 Å². The first kappa shape index (κ1) is 19.1. The van der Waals surface area contributed by atoms with Gasteiger partial charge >= 0.3 is 0 Å². The topological polar surface area (TPSA) is 88.5 Å². The maximum Gasteiger partial charge on any atom is 0.251 e. The summed E-state index contributed by atoms with van der Waals surface area (Å²) in [4.78, 5) is 16.4. The number of nitrogens with one attached hydrogen (secondary N) is 2. The molecule has 0 fully saturated rings. The third-order valence-electron chi connectivity index (χ3n) is 4.65. The lowest BCUT2D eigenvalue weighted by molar-refractivity contribution is 0.0955. The largest absolute Gasteiger partial charge is 0.352 e. The predicted octanol–water partition coefficient (Wildman–Crippen LogP) is 3.49. The molecule has 0 bridgehead atoms. The molecule has 0 unspecified atom stereocenters. The molecule has 2 N–H and O–H groups in total. The van der Waals surface area contributed by atoms with E-state index in [2.05, 4.69) is 25.6 Å². The number of hydrogen-bond acceptors (Lipinski definition) is 4. The van der Waals surface area contributed by atoms with Crippen molar-refractivity contribution in [1.82, 2.24) is 30.3 Å².